The molecule has 0 fully saturated rings. The molecule has 0 radical (unpaired) electrons. The summed E-state index contributed by atoms with van der Waals surface area (Å²) < 4.78 is 14.1. The molecule has 0 amide bonds. The van der Waals surface area contributed by atoms with E-state index in [0.29, 0.717) is 0 Å². The van der Waals surface area contributed by atoms with Crippen molar-refractivity contribution < 1.29 is 4.57 Å². The zero-order valence-electron chi connectivity index (χ0n) is 9.27. The van der Waals surface area contributed by atoms with Crippen LogP contribution in [0.4, 0.5) is 0 Å². The molecule has 1 atom stereocenters. The maximum atomic E-state index is 12.3. The zero-order valence-corrected chi connectivity index (χ0v) is 10.2. The lowest BCUT2D eigenvalue weighted by Crippen LogP contribution is -2.10. The van der Waals surface area contributed by atoms with Crippen molar-refractivity contribution in [1.82, 2.24) is 4.34 Å². The Balaban J connectivity index is 2.58. The smallest absolute Gasteiger partial charge is 0.141 e. The van der Waals surface area contributed by atoms with E-state index < -0.39 is 7.95 Å². The number of hydrogen-bond donors (Lipinski definition) is 0. The van der Waals surface area contributed by atoms with Gasteiger partial charge < -0.3 is 0 Å². The first kappa shape index (κ1) is 10.4. The van der Waals surface area contributed by atoms with E-state index in [2.05, 4.69) is 0 Å². The highest BCUT2D eigenvalue weighted by Gasteiger charge is 2.37. The van der Waals surface area contributed by atoms with Gasteiger partial charge in [-0.25, -0.2) is 0 Å². The minimum Gasteiger partial charge on any atom is -0.141 e. The summed E-state index contributed by atoms with van der Waals surface area (Å²) in [5, 5.41) is 0.946. The third kappa shape index (κ3) is 1.82. The summed E-state index contributed by atoms with van der Waals surface area (Å²) in [7, 11) is -1.41. The van der Waals surface area contributed by atoms with E-state index in [0.717, 1.165) is 10.9 Å². The summed E-state index contributed by atoms with van der Waals surface area (Å²) in [6.07, 6.45) is 1.91. The molecule has 0 aliphatic rings. The fraction of sp³-hybridized carbons (Fsp3) is 0.333. The molecule has 0 bridgehead atoms. The van der Waals surface area contributed by atoms with Gasteiger partial charge in [0.2, 0.25) is 0 Å². The number of hydrogen-bond acceptors (Lipinski definition) is 1. The normalized spacial score (nSPS) is 13.1. The Labute approximate surface area is 90.8 Å². The van der Waals surface area contributed by atoms with E-state index in [1.807, 2.05) is 61.6 Å². The number of benzene rings is 1. The minimum atomic E-state index is -1.41. The van der Waals surface area contributed by atoms with Crippen LogP contribution < -0.4 is 0 Å². The lowest BCUT2D eigenvalue weighted by molar-refractivity contribution is 0.559. The van der Waals surface area contributed by atoms with Crippen LogP contribution in [-0.2, 0) is 4.57 Å². The fourth-order valence-corrected chi connectivity index (χ4v) is 2.76. The SMILES string of the molecule is CC(C)(C)[P+](=O)n1ccc2ccccc21. The number of para-hydroxylation sites is 1. The molecule has 0 N–H and O–H groups in total. The zero-order chi connectivity index (χ0) is 11.1. The largest absolute Gasteiger partial charge is 0.471 e. The standard InChI is InChI=1S/C12H15NOP/c1-12(2,3)15(14)13-9-8-10-6-4-5-7-11(10)13/h4-9H,1-3H3/q+1. The molecule has 1 heterocycles. The molecule has 0 aliphatic carbocycles. The van der Waals surface area contributed by atoms with Crippen molar-refractivity contribution in [3.63, 3.8) is 0 Å². The second kappa shape index (κ2) is 3.46. The van der Waals surface area contributed by atoms with Gasteiger partial charge >= 0.3 is 7.95 Å². The Morgan fingerprint density at radius 2 is 1.80 bits per heavy atom. The van der Waals surface area contributed by atoms with E-state index >= 15 is 0 Å². The maximum absolute atomic E-state index is 12.3. The Bertz CT molecular complexity index is 508. The molecule has 78 valence electrons. The highest BCUT2D eigenvalue weighted by atomic mass is 31.1. The number of fused-ring (bicyclic) bond motifs is 1. The molecular weight excluding hydrogens is 205 g/mol. The quantitative estimate of drug-likeness (QED) is 0.665. The summed E-state index contributed by atoms with van der Waals surface area (Å²) >= 11 is 0. The third-order valence-electron chi connectivity index (χ3n) is 2.35. The molecule has 3 heteroatoms. The molecule has 1 aromatic carbocycles. The molecule has 0 saturated carbocycles. The first-order chi connectivity index (χ1) is 7.00. The van der Waals surface area contributed by atoms with E-state index in [4.69, 9.17) is 0 Å². The van der Waals surface area contributed by atoms with Crippen molar-refractivity contribution in [3.8, 4) is 0 Å². The van der Waals surface area contributed by atoms with Crippen LogP contribution in [0.3, 0.4) is 0 Å². The Morgan fingerprint density at radius 1 is 1.13 bits per heavy atom. The first-order valence-corrected chi connectivity index (χ1v) is 6.25. The van der Waals surface area contributed by atoms with Crippen LogP contribution in [-0.4, -0.2) is 9.49 Å². The molecular formula is C12H15NOP+. The van der Waals surface area contributed by atoms with Crippen LogP contribution in [0.25, 0.3) is 10.9 Å². The van der Waals surface area contributed by atoms with E-state index in [1.165, 1.54) is 0 Å². The highest BCUT2D eigenvalue weighted by Crippen LogP contribution is 2.41. The molecule has 2 nitrogen and oxygen atoms in total. The number of rotatable bonds is 1. The Hall–Kier alpha value is -1.14. The van der Waals surface area contributed by atoms with Crippen molar-refractivity contribution in [3.05, 3.63) is 36.5 Å². The van der Waals surface area contributed by atoms with Crippen molar-refractivity contribution in [2.24, 2.45) is 0 Å². The molecule has 1 unspecified atom stereocenters. The lowest BCUT2D eigenvalue weighted by atomic mass is 10.3. The molecule has 1 aromatic heterocycles. The third-order valence-corrected chi connectivity index (χ3v) is 4.24. The number of aromatic nitrogens is 1. The number of nitrogens with zero attached hydrogens (tertiary/aromatic N) is 1. The van der Waals surface area contributed by atoms with Gasteiger partial charge in [-0.2, -0.15) is 0 Å². The van der Waals surface area contributed by atoms with Crippen LogP contribution in [0.1, 0.15) is 20.8 Å². The summed E-state index contributed by atoms with van der Waals surface area (Å²) in [5.41, 5.74) is 1.05. The summed E-state index contributed by atoms with van der Waals surface area (Å²) in [4.78, 5) is 0. The van der Waals surface area contributed by atoms with Crippen LogP contribution in [0.15, 0.2) is 36.5 Å². The van der Waals surface area contributed by atoms with Gasteiger partial charge in [-0.05, 0) is 37.5 Å². The first-order valence-electron chi connectivity index (χ1n) is 5.04. The van der Waals surface area contributed by atoms with Gasteiger partial charge in [0.1, 0.15) is 0 Å². The van der Waals surface area contributed by atoms with E-state index in [9.17, 15) is 4.57 Å². The summed E-state index contributed by atoms with van der Waals surface area (Å²) in [6, 6.07) is 10.0. The molecule has 0 aliphatic heterocycles. The van der Waals surface area contributed by atoms with Gasteiger partial charge in [-0.3, -0.25) is 0 Å². The minimum absolute atomic E-state index is 0.197. The van der Waals surface area contributed by atoms with Crippen molar-refractivity contribution in [2.75, 3.05) is 0 Å². The second-order valence-electron chi connectivity index (χ2n) is 4.66. The second-order valence-corrected chi connectivity index (χ2v) is 6.98. The van der Waals surface area contributed by atoms with Gasteiger partial charge in [0.15, 0.2) is 5.16 Å². The average molecular weight is 220 g/mol. The summed E-state index contributed by atoms with van der Waals surface area (Å²) in [5.74, 6) is 0. The fourth-order valence-electron chi connectivity index (χ4n) is 1.55. The highest BCUT2D eigenvalue weighted by molar-refractivity contribution is 7.45. The topological polar surface area (TPSA) is 22.0 Å². The monoisotopic (exact) mass is 220 g/mol. The van der Waals surface area contributed by atoms with Gasteiger partial charge in [0.25, 0.3) is 0 Å². The molecule has 2 rings (SSSR count). The van der Waals surface area contributed by atoms with Crippen molar-refractivity contribution in [2.45, 2.75) is 25.9 Å². The Morgan fingerprint density at radius 3 is 2.47 bits per heavy atom. The molecule has 15 heavy (non-hydrogen) atoms. The van der Waals surface area contributed by atoms with E-state index in [-0.39, 0.29) is 5.16 Å². The predicted octanol–water partition coefficient (Wildman–Crippen LogP) is 4.03. The van der Waals surface area contributed by atoms with Gasteiger partial charge in [0, 0.05) is 5.39 Å². The van der Waals surface area contributed by atoms with Crippen LogP contribution >= 0.6 is 7.95 Å². The maximum Gasteiger partial charge on any atom is 0.471 e. The van der Waals surface area contributed by atoms with Crippen molar-refractivity contribution in [1.29, 1.82) is 0 Å². The summed E-state index contributed by atoms with van der Waals surface area (Å²) in [6.45, 7) is 6.00. The molecule has 0 saturated heterocycles. The molecule has 2 aromatic rings. The van der Waals surface area contributed by atoms with E-state index in [1.54, 1.807) is 0 Å². The van der Waals surface area contributed by atoms with Gasteiger partial charge in [-0.1, -0.05) is 18.2 Å². The lowest BCUT2D eigenvalue weighted by Gasteiger charge is -2.05. The van der Waals surface area contributed by atoms with Crippen LogP contribution in [0, 0.1) is 0 Å². The van der Waals surface area contributed by atoms with Crippen LogP contribution in [0.2, 0.25) is 0 Å². The Kier molecular flexibility index (Phi) is 2.40. The van der Waals surface area contributed by atoms with Crippen molar-refractivity contribution >= 4 is 18.9 Å². The predicted molar refractivity (Wildman–Crippen MR) is 64.7 cm³/mol. The van der Waals surface area contributed by atoms with Crippen LogP contribution in [0.5, 0.6) is 0 Å². The average Bonchev–Trinajstić information content (AvgIpc) is 2.58. The van der Waals surface area contributed by atoms with Gasteiger partial charge in [-0.15, -0.1) is 4.34 Å². The van der Waals surface area contributed by atoms with Gasteiger partial charge in [0.05, 0.1) is 11.7 Å². The molecule has 0 spiro atoms.